The molecule has 0 aromatic carbocycles. The van der Waals surface area contributed by atoms with Crippen molar-refractivity contribution in [2.75, 3.05) is 0 Å². The van der Waals surface area contributed by atoms with Gasteiger partial charge in [0.25, 0.3) is 0 Å². The van der Waals surface area contributed by atoms with Gasteiger partial charge in [-0.2, -0.15) is 0 Å². The van der Waals surface area contributed by atoms with Crippen LogP contribution in [0, 0.1) is 6.92 Å². The van der Waals surface area contributed by atoms with Crippen LogP contribution < -0.4 is 4.78 Å². The molecule has 8 heavy (non-hydrogen) atoms. The number of rotatable bonds is 0. The molecule has 42 valence electrons. The molecule has 0 unspecified atom stereocenters. The van der Waals surface area contributed by atoms with Crippen LogP contribution >= 0.6 is 11.3 Å². The van der Waals surface area contributed by atoms with Gasteiger partial charge in [0.05, 0.1) is 0 Å². The van der Waals surface area contributed by atoms with Gasteiger partial charge in [0.1, 0.15) is 0 Å². The third-order valence-corrected chi connectivity index (χ3v) is 1.97. The summed E-state index contributed by atoms with van der Waals surface area (Å²) in [6.45, 7) is 1.90. The Morgan fingerprint density at radius 3 is 2.50 bits per heavy atom. The first-order chi connectivity index (χ1) is 3.70. The van der Waals surface area contributed by atoms with Crippen LogP contribution in [0.5, 0.6) is 5.06 Å². The smallest absolute Gasteiger partial charge is 0.173 e. The van der Waals surface area contributed by atoms with E-state index in [0.29, 0.717) is 5.06 Å². The molecule has 0 amide bonds. The number of thiophene rings is 1. The topological polar surface area (TPSA) is 20.2 Å². The molecule has 1 nitrogen and oxygen atoms in total. The maximum absolute atomic E-state index is 8.96. The molecule has 1 N–H and O–H groups in total. The molecule has 1 aromatic rings. The lowest BCUT2D eigenvalue weighted by Crippen LogP contribution is -1.89. The summed E-state index contributed by atoms with van der Waals surface area (Å²) in [6, 6.07) is 1.97. The second-order valence-corrected chi connectivity index (χ2v) is 3.08. The first kappa shape index (κ1) is 5.70. The lowest BCUT2D eigenvalue weighted by atomic mass is 10.1. The fourth-order valence-electron chi connectivity index (χ4n) is 0.629. The summed E-state index contributed by atoms with van der Waals surface area (Å²) in [4.78, 5) is 0. The standard InChI is InChI=1S/C5H7BOS/c1-3-2-4(6)8-5(3)7/h2,7H,6H2,1H3. The van der Waals surface area contributed by atoms with Crippen molar-refractivity contribution >= 4 is 24.0 Å². The third kappa shape index (κ3) is 0.867. The second-order valence-electron chi connectivity index (χ2n) is 1.85. The summed E-state index contributed by atoms with van der Waals surface area (Å²) < 4.78 is 1.17. The highest BCUT2D eigenvalue weighted by Crippen LogP contribution is 2.19. The molecule has 0 bridgehead atoms. The molecule has 1 heterocycles. The normalized spacial score (nSPS) is 9.62. The summed E-state index contributed by atoms with van der Waals surface area (Å²) in [5.74, 6) is 0. The highest BCUT2D eigenvalue weighted by Gasteiger charge is 1.96. The van der Waals surface area contributed by atoms with Crippen LogP contribution in [0.1, 0.15) is 5.56 Å². The Morgan fingerprint density at radius 2 is 2.38 bits per heavy atom. The minimum absolute atomic E-state index is 0.447. The minimum Gasteiger partial charge on any atom is -0.499 e. The van der Waals surface area contributed by atoms with Crippen LogP contribution in [0.2, 0.25) is 0 Å². The molecule has 0 aliphatic rings. The van der Waals surface area contributed by atoms with Crippen LogP contribution in [0.4, 0.5) is 0 Å². The summed E-state index contributed by atoms with van der Waals surface area (Å²) in [5, 5.41) is 9.41. The second kappa shape index (κ2) is 1.82. The van der Waals surface area contributed by atoms with E-state index in [9.17, 15) is 0 Å². The minimum atomic E-state index is 0.447. The van der Waals surface area contributed by atoms with Crippen molar-refractivity contribution in [3.05, 3.63) is 11.6 Å². The van der Waals surface area contributed by atoms with Crippen LogP contribution in [0.25, 0.3) is 0 Å². The van der Waals surface area contributed by atoms with Crippen molar-refractivity contribution in [1.82, 2.24) is 0 Å². The molecule has 0 aliphatic heterocycles. The molecule has 0 saturated carbocycles. The Labute approximate surface area is 53.4 Å². The molecule has 1 aromatic heterocycles. The SMILES string of the molecule is Bc1cc(C)c(O)s1. The van der Waals surface area contributed by atoms with Gasteiger partial charge in [-0.05, 0) is 11.7 Å². The molecular weight excluding hydrogens is 119 g/mol. The molecule has 0 radical (unpaired) electrons. The highest BCUT2D eigenvalue weighted by molar-refractivity contribution is 7.21. The van der Waals surface area contributed by atoms with Gasteiger partial charge in [-0.25, -0.2) is 0 Å². The fourth-order valence-corrected chi connectivity index (χ4v) is 1.39. The van der Waals surface area contributed by atoms with Crippen molar-refractivity contribution in [2.45, 2.75) is 6.92 Å². The Hall–Kier alpha value is -0.435. The van der Waals surface area contributed by atoms with Gasteiger partial charge in [0.15, 0.2) is 12.9 Å². The van der Waals surface area contributed by atoms with Crippen molar-refractivity contribution in [3.8, 4) is 5.06 Å². The lowest BCUT2D eigenvalue weighted by Gasteiger charge is -1.79. The lowest BCUT2D eigenvalue weighted by molar-refractivity contribution is 0.487. The van der Waals surface area contributed by atoms with E-state index < -0.39 is 0 Å². The Balaban J connectivity index is 3.14. The predicted molar refractivity (Wildman–Crippen MR) is 38.9 cm³/mol. The van der Waals surface area contributed by atoms with Crippen molar-refractivity contribution in [3.63, 3.8) is 0 Å². The molecule has 0 atom stereocenters. The van der Waals surface area contributed by atoms with Gasteiger partial charge in [-0.1, -0.05) is 6.07 Å². The first-order valence-electron chi connectivity index (χ1n) is 2.46. The Kier molecular flexibility index (Phi) is 1.30. The van der Waals surface area contributed by atoms with Crippen molar-refractivity contribution in [2.24, 2.45) is 0 Å². The summed E-state index contributed by atoms with van der Waals surface area (Å²) in [6.07, 6.45) is 0. The molecule has 1 rings (SSSR count). The van der Waals surface area contributed by atoms with Crippen LogP contribution in [-0.2, 0) is 0 Å². The van der Waals surface area contributed by atoms with Crippen molar-refractivity contribution < 1.29 is 5.11 Å². The van der Waals surface area contributed by atoms with E-state index in [-0.39, 0.29) is 0 Å². The van der Waals surface area contributed by atoms with E-state index in [1.54, 1.807) is 0 Å². The molecule has 0 fully saturated rings. The molecule has 0 aliphatic carbocycles. The van der Waals surface area contributed by atoms with Crippen LogP contribution in [0.15, 0.2) is 6.07 Å². The zero-order valence-corrected chi connectivity index (χ0v) is 5.75. The van der Waals surface area contributed by atoms with Gasteiger partial charge >= 0.3 is 0 Å². The average molecular weight is 126 g/mol. The summed E-state index contributed by atoms with van der Waals surface area (Å²) in [5.41, 5.74) is 0.979. The van der Waals surface area contributed by atoms with Gasteiger partial charge in [0.2, 0.25) is 0 Å². The third-order valence-electron chi connectivity index (χ3n) is 1.01. The van der Waals surface area contributed by atoms with E-state index in [4.69, 9.17) is 5.11 Å². The van der Waals surface area contributed by atoms with E-state index in [2.05, 4.69) is 0 Å². The number of hydrogen-bond donors (Lipinski definition) is 1. The number of hydrogen-bond acceptors (Lipinski definition) is 2. The van der Waals surface area contributed by atoms with Gasteiger partial charge < -0.3 is 5.11 Å². The van der Waals surface area contributed by atoms with E-state index in [1.807, 2.05) is 20.8 Å². The first-order valence-corrected chi connectivity index (χ1v) is 3.28. The van der Waals surface area contributed by atoms with Gasteiger partial charge in [0, 0.05) is 5.56 Å². The van der Waals surface area contributed by atoms with Gasteiger partial charge in [-0.15, -0.1) is 11.3 Å². The highest BCUT2D eigenvalue weighted by atomic mass is 32.1. The largest absolute Gasteiger partial charge is 0.499 e. The summed E-state index contributed by atoms with van der Waals surface area (Å²) >= 11 is 1.42. The molecule has 3 heteroatoms. The zero-order chi connectivity index (χ0) is 6.15. The van der Waals surface area contributed by atoms with Crippen LogP contribution in [-0.4, -0.2) is 13.0 Å². The zero-order valence-electron chi connectivity index (χ0n) is 4.93. The summed E-state index contributed by atoms with van der Waals surface area (Å²) in [7, 11) is 1.98. The average Bonchev–Trinajstić information content (AvgIpc) is 1.85. The molecular formula is C5H7BOS. The van der Waals surface area contributed by atoms with Crippen molar-refractivity contribution in [1.29, 1.82) is 0 Å². The molecule has 0 spiro atoms. The monoisotopic (exact) mass is 126 g/mol. The number of aromatic hydroxyl groups is 1. The van der Waals surface area contributed by atoms with E-state index in [1.165, 1.54) is 16.1 Å². The predicted octanol–water partition coefficient (Wildman–Crippen LogP) is 0.0205. The number of aryl methyl sites for hydroxylation is 1. The van der Waals surface area contributed by atoms with E-state index in [0.717, 1.165) is 5.56 Å². The van der Waals surface area contributed by atoms with Gasteiger partial charge in [-0.3, -0.25) is 0 Å². The Bertz CT molecular complexity index is 175. The van der Waals surface area contributed by atoms with Crippen LogP contribution in [0.3, 0.4) is 0 Å². The fraction of sp³-hybridized carbons (Fsp3) is 0.200. The molecule has 0 saturated heterocycles. The quantitative estimate of drug-likeness (QED) is 0.486. The maximum Gasteiger partial charge on any atom is 0.173 e. The maximum atomic E-state index is 8.96. The van der Waals surface area contributed by atoms with E-state index >= 15 is 0 Å². The Morgan fingerprint density at radius 1 is 1.75 bits per heavy atom.